The van der Waals surface area contributed by atoms with Crippen molar-refractivity contribution in [3.8, 4) is 28.1 Å². The summed E-state index contributed by atoms with van der Waals surface area (Å²) in [5.41, 5.74) is 0.807. The summed E-state index contributed by atoms with van der Waals surface area (Å²) >= 11 is 11.2. The number of hydrogen-bond donors (Lipinski definition) is 4. The molecule has 0 spiro atoms. The van der Waals surface area contributed by atoms with Crippen molar-refractivity contribution >= 4 is 57.4 Å². The second-order valence-electron chi connectivity index (χ2n) is 11.8. The van der Waals surface area contributed by atoms with E-state index in [1.807, 2.05) is 0 Å². The third-order valence-electron chi connectivity index (χ3n) is 8.17. The number of H-pyrrole nitrogens is 2. The fourth-order valence-corrected chi connectivity index (χ4v) is 7.75. The third-order valence-corrected chi connectivity index (χ3v) is 10.4. The lowest BCUT2D eigenvalue weighted by Crippen LogP contribution is -2.45. The van der Waals surface area contributed by atoms with Crippen molar-refractivity contribution in [3.63, 3.8) is 0 Å². The molecule has 0 aliphatic carbocycles. The van der Waals surface area contributed by atoms with Crippen LogP contribution in [0.3, 0.4) is 0 Å². The van der Waals surface area contributed by atoms with Gasteiger partial charge in [0.1, 0.15) is 5.69 Å². The first-order valence-corrected chi connectivity index (χ1v) is 18.5. The van der Waals surface area contributed by atoms with E-state index in [1.165, 1.54) is 29.8 Å². The first-order chi connectivity index (χ1) is 25.2. The number of alkyl halides is 3. The quantitative estimate of drug-likeness (QED) is 0.106. The Labute approximate surface area is 315 Å². The number of halogens is 5. The molecule has 1 aliphatic rings. The molecule has 2 aromatic carbocycles. The number of amides is 1. The summed E-state index contributed by atoms with van der Waals surface area (Å²) in [6.45, 7) is 2.02. The van der Waals surface area contributed by atoms with Crippen LogP contribution in [0.2, 0.25) is 10.0 Å². The second-order valence-corrected chi connectivity index (χ2v) is 14.6. The standard InChI is InChI=1S/C34H28Cl2F3N7O5S2/c1-19-29(32(48)41-33(49)40-19)45(53(50)51)18-24-28(31(47)43-44-15-3-2-4-16-44)42-46(26-13-10-22(35)17-25(26)36)30(24)27-14-12-23(52-27)11-7-20-5-8-21(9-6-20)34(37,38)39/h5-6,8-10,12-14,17H,2-4,15-16,18H2,1H3,(H,43,47)(H,50,51)(H2,40,41,48,49). The molecule has 0 radical (unpaired) electrons. The Morgan fingerprint density at radius 3 is 2.42 bits per heavy atom. The molecule has 1 unspecified atom stereocenters. The highest BCUT2D eigenvalue weighted by Crippen LogP contribution is 2.38. The van der Waals surface area contributed by atoms with Gasteiger partial charge in [-0.25, -0.2) is 18.7 Å². The molecule has 1 atom stereocenters. The number of aromatic amines is 2. The molecule has 4 heterocycles. The van der Waals surface area contributed by atoms with E-state index in [2.05, 4.69) is 32.3 Å². The second kappa shape index (κ2) is 15.7. The fourth-order valence-electron chi connectivity index (χ4n) is 5.72. The number of thiophene rings is 1. The van der Waals surface area contributed by atoms with E-state index in [0.29, 0.717) is 39.1 Å². The molecule has 6 rings (SSSR count). The number of benzene rings is 2. The Kier molecular flexibility index (Phi) is 11.3. The van der Waals surface area contributed by atoms with Crippen LogP contribution in [0.5, 0.6) is 0 Å². The van der Waals surface area contributed by atoms with Crippen LogP contribution in [-0.4, -0.2) is 52.5 Å². The number of nitrogens with zero attached hydrogens (tertiary/aromatic N) is 4. The Balaban J connectivity index is 1.53. The lowest BCUT2D eigenvalue weighted by Gasteiger charge is -2.26. The highest BCUT2D eigenvalue weighted by molar-refractivity contribution is 7.80. The van der Waals surface area contributed by atoms with Gasteiger partial charge in [-0.2, -0.15) is 18.3 Å². The van der Waals surface area contributed by atoms with Crippen molar-refractivity contribution in [2.75, 3.05) is 17.4 Å². The van der Waals surface area contributed by atoms with E-state index in [9.17, 15) is 36.3 Å². The van der Waals surface area contributed by atoms with E-state index in [0.717, 1.165) is 47.0 Å². The summed E-state index contributed by atoms with van der Waals surface area (Å²) < 4.78 is 64.9. The Bertz CT molecular complexity index is 2390. The minimum atomic E-state index is -4.49. The van der Waals surface area contributed by atoms with Crippen LogP contribution in [0.15, 0.2) is 64.2 Å². The Hall–Kier alpha value is -4.70. The number of rotatable bonds is 8. The van der Waals surface area contributed by atoms with E-state index in [-0.39, 0.29) is 33.4 Å². The maximum Gasteiger partial charge on any atom is 0.416 e. The van der Waals surface area contributed by atoms with Gasteiger partial charge < -0.3 is 4.98 Å². The Morgan fingerprint density at radius 1 is 1.06 bits per heavy atom. The molecule has 276 valence electrons. The zero-order valence-electron chi connectivity index (χ0n) is 27.5. The number of aryl methyl sites for hydroxylation is 1. The largest absolute Gasteiger partial charge is 0.416 e. The summed E-state index contributed by atoms with van der Waals surface area (Å²) in [6, 6.07) is 12.4. The van der Waals surface area contributed by atoms with Gasteiger partial charge in [-0.3, -0.25) is 28.9 Å². The summed E-state index contributed by atoms with van der Waals surface area (Å²) in [5, 5.41) is 6.92. The summed E-state index contributed by atoms with van der Waals surface area (Å²) in [7, 11) is 0. The fraction of sp³-hybridized carbons (Fsp3) is 0.235. The number of piperidine rings is 1. The summed E-state index contributed by atoms with van der Waals surface area (Å²) in [6.07, 6.45) is -1.79. The SMILES string of the molecule is Cc1[nH]c(=O)[nH]c(=O)c1N(Cc1c(C(=O)NN2CCCCC2)nn(-c2ccc(Cl)cc2Cl)c1-c1ccc(C#Cc2ccc(C(F)(F)F)cc2)s1)S(=O)O. The number of nitrogens with one attached hydrogen (secondary N) is 3. The van der Waals surface area contributed by atoms with Crippen LogP contribution in [0.25, 0.3) is 16.3 Å². The number of aromatic nitrogens is 4. The molecule has 1 fully saturated rings. The molecule has 4 N–H and O–H groups in total. The average Bonchev–Trinajstić information content (AvgIpc) is 3.71. The molecule has 1 saturated heterocycles. The molecule has 0 saturated carbocycles. The van der Waals surface area contributed by atoms with Gasteiger partial charge in [-0.05, 0) is 74.4 Å². The molecular formula is C34H28Cl2F3N7O5S2. The van der Waals surface area contributed by atoms with Crippen LogP contribution in [0.4, 0.5) is 18.9 Å². The molecule has 5 aromatic rings. The molecule has 0 bridgehead atoms. The van der Waals surface area contributed by atoms with Crippen LogP contribution in [0.1, 0.15) is 57.0 Å². The highest BCUT2D eigenvalue weighted by Gasteiger charge is 2.32. The number of anilines is 1. The van der Waals surface area contributed by atoms with Crippen LogP contribution < -0.4 is 21.0 Å². The average molecular weight is 807 g/mol. The number of carbonyl (C=O) groups is 1. The van der Waals surface area contributed by atoms with Gasteiger partial charge in [-0.15, -0.1) is 11.3 Å². The highest BCUT2D eigenvalue weighted by atomic mass is 35.5. The molecular weight excluding hydrogens is 778 g/mol. The van der Waals surface area contributed by atoms with Gasteiger partial charge in [0.25, 0.3) is 22.7 Å². The van der Waals surface area contributed by atoms with Gasteiger partial charge in [0.05, 0.1) is 38.3 Å². The van der Waals surface area contributed by atoms with Crippen molar-refractivity contribution in [1.82, 2.24) is 30.2 Å². The van der Waals surface area contributed by atoms with Crippen LogP contribution in [-0.2, 0) is 24.0 Å². The molecule has 19 heteroatoms. The van der Waals surface area contributed by atoms with Crippen molar-refractivity contribution in [3.05, 3.63) is 118 Å². The van der Waals surface area contributed by atoms with E-state index in [1.54, 1.807) is 29.3 Å². The van der Waals surface area contributed by atoms with Crippen molar-refractivity contribution < 1.29 is 26.7 Å². The number of hydrogen-bond acceptors (Lipinski definition) is 7. The summed E-state index contributed by atoms with van der Waals surface area (Å²) in [4.78, 5) is 44.5. The molecule has 53 heavy (non-hydrogen) atoms. The number of carbonyl (C=O) groups excluding carboxylic acids is 1. The first-order valence-electron chi connectivity index (χ1n) is 15.8. The maximum atomic E-state index is 14.1. The van der Waals surface area contributed by atoms with E-state index in [4.69, 9.17) is 23.2 Å². The van der Waals surface area contributed by atoms with Gasteiger partial charge in [0.15, 0.2) is 5.69 Å². The molecule has 12 nitrogen and oxygen atoms in total. The maximum absolute atomic E-state index is 14.1. The number of hydrazine groups is 1. The zero-order valence-corrected chi connectivity index (χ0v) is 30.7. The predicted molar refractivity (Wildman–Crippen MR) is 197 cm³/mol. The predicted octanol–water partition coefficient (Wildman–Crippen LogP) is 6.29. The van der Waals surface area contributed by atoms with Crippen molar-refractivity contribution in [2.24, 2.45) is 0 Å². The van der Waals surface area contributed by atoms with E-state index < -0.39 is 46.7 Å². The molecule has 1 amide bonds. The van der Waals surface area contributed by atoms with Crippen molar-refractivity contribution in [1.29, 1.82) is 0 Å². The Morgan fingerprint density at radius 2 is 1.77 bits per heavy atom. The zero-order chi connectivity index (χ0) is 38.0. The molecule has 3 aromatic heterocycles. The van der Waals surface area contributed by atoms with Crippen molar-refractivity contribution in [2.45, 2.75) is 38.9 Å². The normalized spacial score (nSPS) is 14.0. The third kappa shape index (κ3) is 8.59. The van der Waals surface area contributed by atoms with E-state index >= 15 is 0 Å². The first kappa shape index (κ1) is 38.0. The smallest absolute Gasteiger partial charge is 0.309 e. The van der Waals surface area contributed by atoms with Gasteiger partial charge in [0.2, 0.25) is 0 Å². The van der Waals surface area contributed by atoms with Crippen LogP contribution in [0, 0.1) is 18.8 Å². The monoisotopic (exact) mass is 805 g/mol. The van der Waals surface area contributed by atoms with Gasteiger partial charge >= 0.3 is 11.9 Å². The lowest BCUT2D eigenvalue weighted by molar-refractivity contribution is -0.137. The summed E-state index contributed by atoms with van der Waals surface area (Å²) in [5.74, 6) is 5.16. The van der Waals surface area contributed by atoms with Gasteiger partial charge in [0, 0.05) is 34.9 Å². The van der Waals surface area contributed by atoms with Gasteiger partial charge in [-0.1, -0.05) is 41.5 Å². The molecule has 1 aliphatic heterocycles. The van der Waals surface area contributed by atoms with Crippen LogP contribution >= 0.6 is 34.5 Å². The minimum absolute atomic E-state index is 0.00731. The minimum Gasteiger partial charge on any atom is -0.309 e. The topological polar surface area (TPSA) is 156 Å². The lowest BCUT2D eigenvalue weighted by atomic mass is 10.1.